The van der Waals surface area contributed by atoms with Crippen molar-refractivity contribution in [3.8, 4) is 17.2 Å². The predicted octanol–water partition coefficient (Wildman–Crippen LogP) is 4.64. The molecule has 1 unspecified atom stereocenters. The van der Waals surface area contributed by atoms with Crippen molar-refractivity contribution in [1.82, 2.24) is 4.90 Å². The molecule has 152 valence electrons. The maximum atomic E-state index is 12.9. The number of benzene rings is 2. The van der Waals surface area contributed by atoms with Gasteiger partial charge in [0.05, 0.1) is 17.7 Å². The first-order chi connectivity index (χ1) is 14.1. The molecule has 1 fully saturated rings. The first-order valence-corrected chi connectivity index (χ1v) is 10.3. The van der Waals surface area contributed by atoms with Gasteiger partial charge in [0.15, 0.2) is 5.76 Å². The van der Waals surface area contributed by atoms with Gasteiger partial charge in [0.1, 0.15) is 17.2 Å². The fourth-order valence-electron chi connectivity index (χ4n) is 4.13. The number of phenolic OH excluding ortho intramolecular Hbond substituents is 1. The van der Waals surface area contributed by atoms with Crippen molar-refractivity contribution in [3.05, 3.63) is 58.8 Å². The fraction of sp³-hybridized carbons (Fsp3) is 0.375. The van der Waals surface area contributed by atoms with E-state index in [9.17, 15) is 9.90 Å². The Labute approximate surface area is 171 Å². The SMILES string of the molecule is CCOc1ccccc1/C=C1/Oc2c(ccc(O)c2CN2CCCC(C)C2)C1=O. The van der Waals surface area contributed by atoms with Crippen molar-refractivity contribution in [2.24, 2.45) is 5.92 Å². The third-order valence-corrected chi connectivity index (χ3v) is 5.54. The molecule has 0 bridgehead atoms. The molecular formula is C24H27NO4. The Balaban J connectivity index is 1.64. The number of allylic oxidation sites excluding steroid dienone is 1. The Kier molecular flexibility index (Phi) is 5.58. The van der Waals surface area contributed by atoms with Crippen LogP contribution in [0, 0.1) is 5.92 Å². The van der Waals surface area contributed by atoms with E-state index in [1.54, 1.807) is 18.2 Å². The van der Waals surface area contributed by atoms with Gasteiger partial charge in [0.25, 0.3) is 0 Å². The van der Waals surface area contributed by atoms with Crippen LogP contribution in [0.4, 0.5) is 0 Å². The van der Waals surface area contributed by atoms with E-state index in [0.29, 0.717) is 41.7 Å². The van der Waals surface area contributed by atoms with Crippen molar-refractivity contribution in [1.29, 1.82) is 0 Å². The van der Waals surface area contributed by atoms with Crippen LogP contribution in [0.5, 0.6) is 17.2 Å². The Morgan fingerprint density at radius 1 is 1.28 bits per heavy atom. The molecule has 2 aromatic carbocycles. The molecule has 2 aliphatic rings. The van der Waals surface area contributed by atoms with Gasteiger partial charge in [-0.2, -0.15) is 0 Å². The molecule has 0 radical (unpaired) electrons. The van der Waals surface area contributed by atoms with Gasteiger partial charge in [-0.3, -0.25) is 9.69 Å². The molecule has 2 aromatic rings. The van der Waals surface area contributed by atoms with E-state index in [1.807, 2.05) is 31.2 Å². The van der Waals surface area contributed by atoms with Gasteiger partial charge in [-0.15, -0.1) is 0 Å². The Morgan fingerprint density at radius 2 is 2.10 bits per heavy atom. The lowest BCUT2D eigenvalue weighted by Crippen LogP contribution is -2.33. The summed E-state index contributed by atoms with van der Waals surface area (Å²) in [6.07, 6.45) is 4.10. The maximum absolute atomic E-state index is 12.9. The number of carbonyl (C=O) groups excluding carboxylic acids is 1. The molecule has 5 nitrogen and oxygen atoms in total. The van der Waals surface area contributed by atoms with Gasteiger partial charge < -0.3 is 14.6 Å². The molecule has 0 amide bonds. The monoisotopic (exact) mass is 393 g/mol. The highest BCUT2D eigenvalue weighted by molar-refractivity contribution is 6.15. The quantitative estimate of drug-likeness (QED) is 0.750. The molecule has 1 N–H and O–H groups in total. The molecule has 0 aromatic heterocycles. The van der Waals surface area contributed by atoms with Crippen LogP contribution in [0.1, 0.15) is 48.2 Å². The van der Waals surface area contributed by atoms with Crippen LogP contribution in [-0.2, 0) is 6.54 Å². The number of hydrogen-bond donors (Lipinski definition) is 1. The van der Waals surface area contributed by atoms with E-state index in [1.165, 1.54) is 6.42 Å². The Bertz CT molecular complexity index is 950. The van der Waals surface area contributed by atoms with Crippen molar-refractivity contribution in [2.75, 3.05) is 19.7 Å². The number of nitrogens with zero attached hydrogens (tertiary/aromatic N) is 1. The van der Waals surface area contributed by atoms with E-state index in [4.69, 9.17) is 9.47 Å². The summed E-state index contributed by atoms with van der Waals surface area (Å²) in [6, 6.07) is 10.8. The number of aromatic hydroxyl groups is 1. The largest absolute Gasteiger partial charge is 0.507 e. The number of carbonyl (C=O) groups is 1. The van der Waals surface area contributed by atoms with E-state index in [2.05, 4.69) is 11.8 Å². The fourth-order valence-corrected chi connectivity index (χ4v) is 4.13. The molecule has 29 heavy (non-hydrogen) atoms. The van der Waals surface area contributed by atoms with Crippen molar-refractivity contribution in [2.45, 2.75) is 33.2 Å². The van der Waals surface area contributed by atoms with Crippen LogP contribution >= 0.6 is 0 Å². The lowest BCUT2D eigenvalue weighted by atomic mass is 9.99. The van der Waals surface area contributed by atoms with Crippen molar-refractivity contribution in [3.63, 3.8) is 0 Å². The normalized spacial score (nSPS) is 20.6. The molecule has 0 aliphatic carbocycles. The molecule has 1 atom stereocenters. The maximum Gasteiger partial charge on any atom is 0.231 e. The number of para-hydroxylation sites is 1. The highest BCUT2D eigenvalue weighted by Crippen LogP contribution is 2.41. The van der Waals surface area contributed by atoms with Crippen molar-refractivity contribution >= 4 is 11.9 Å². The first-order valence-electron chi connectivity index (χ1n) is 10.3. The lowest BCUT2D eigenvalue weighted by molar-refractivity contribution is 0.101. The number of fused-ring (bicyclic) bond motifs is 1. The summed E-state index contributed by atoms with van der Waals surface area (Å²) in [5.74, 6) is 2.08. The minimum Gasteiger partial charge on any atom is -0.507 e. The van der Waals surface area contributed by atoms with E-state index >= 15 is 0 Å². The number of piperidine rings is 1. The molecule has 0 spiro atoms. The van der Waals surface area contributed by atoms with E-state index < -0.39 is 0 Å². The Hall–Kier alpha value is -2.79. The molecular weight excluding hydrogens is 366 g/mol. The van der Waals surface area contributed by atoms with Gasteiger partial charge in [0, 0.05) is 18.7 Å². The first kappa shape index (κ1) is 19.5. The summed E-state index contributed by atoms with van der Waals surface area (Å²) >= 11 is 0. The van der Waals surface area contributed by atoms with Crippen LogP contribution < -0.4 is 9.47 Å². The van der Waals surface area contributed by atoms with Gasteiger partial charge >= 0.3 is 0 Å². The van der Waals surface area contributed by atoms with E-state index in [0.717, 1.165) is 25.1 Å². The number of hydrogen-bond acceptors (Lipinski definition) is 5. The predicted molar refractivity (Wildman–Crippen MR) is 112 cm³/mol. The number of rotatable bonds is 5. The topological polar surface area (TPSA) is 59.0 Å². The van der Waals surface area contributed by atoms with Crippen LogP contribution in [0.2, 0.25) is 0 Å². The molecule has 2 heterocycles. The van der Waals surface area contributed by atoms with Gasteiger partial charge in [-0.25, -0.2) is 0 Å². The minimum atomic E-state index is -0.167. The smallest absolute Gasteiger partial charge is 0.231 e. The van der Waals surface area contributed by atoms with Gasteiger partial charge in [-0.05, 0) is 56.5 Å². The third kappa shape index (κ3) is 4.01. The second-order valence-electron chi connectivity index (χ2n) is 7.83. The van der Waals surface area contributed by atoms with Crippen molar-refractivity contribution < 1.29 is 19.4 Å². The molecule has 0 saturated carbocycles. The number of phenols is 1. The Morgan fingerprint density at radius 3 is 2.90 bits per heavy atom. The summed E-state index contributed by atoms with van der Waals surface area (Å²) in [4.78, 5) is 15.3. The van der Waals surface area contributed by atoms with Crippen LogP contribution in [0.15, 0.2) is 42.2 Å². The second-order valence-corrected chi connectivity index (χ2v) is 7.83. The van der Waals surface area contributed by atoms with Crippen LogP contribution in [-0.4, -0.2) is 35.5 Å². The summed E-state index contributed by atoms with van der Waals surface area (Å²) in [6.45, 7) is 7.27. The second kappa shape index (κ2) is 8.29. The zero-order chi connectivity index (χ0) is 20.4. The summed E-state index contributed by atoms with van der Waals surface area (Å²) < 4.78 is 11.7. The van der Waals surface area contributed by atoms with Crippen LogP contribution in [0.3, 0.4) is 0 Å². The average molecular weight is 393 g/mol. The van der Waals surface area contributed by atoms with Gasteiger partial charge in [-0.1, -0.05) is 25.1 Å². The standard InChI is InChI=1S/C24H27NO4/c1-3-28-21-9-5-4-8-17(21)13-22-23(27)18-10-11-20(26)19(24(18)29-22)15-25-12-6-7-16(2)14-25/h4-5,8-11,13,16,26H,3,6-7,12,14-15H2,1-2H3/b22-13+. The molecule has 4 rings (SSSR count). The number of likely N-dealkylation sites (tertiary alicyclic amines) is 1. The van der Waals surface area contributed by atoms with Crippen LogP contribution in [0.25, 0.3) is 6.08 Å². The minimum absolute atomic E-state index is 0.167. The number of Topliss-reactive ketones (excluding diaryl/α,β-unsaturated/α-hetero) is 1. The van der Waals surface area contributed by atoms with E-state index in [-0.39, 0.29) is 17.3 Å². The molecule has 2 aliphatic heterocycles. The zero-order valence-corrected chi connectivity index (χ0v) is 17.0. The zero-order valence-electron chi connectivity index (χ0n) is 17.0. The third-order valence-electron chi connectivity index (χ3n) is 5.54. The summed E-state index contributed by atoms with van der Waals surface area (Å²) in [5.41, 5.74) is 1.98. The average Bonchev–Trinajstić information content (AvgIpc) is 3.02. The molecule has 1 saturated heterocycles. The molecule has 5 heteroatoms. The lowest BCUT2D eigenvalue weighted by Gasteiger charge is -2.31. The number of ketones is 1. The highest BCUT2D eigenvalue weighted by Gasteiger charge is 2.32. The highest BCUT2D eigenvalue weighted by atomic mass is 16.5. The number of ether oxygens (including phenoxy) is 2. The summed E-state index contributed by atoms with van der Waals surface area (Å²) in [7, 11) is 0. The summed E-state index contributed by atoms with van der Waals surface area (Å²) in [5, 5.41) is 10.5. The van der Waals surface area contributed by atoms with Gasteiger partial charge in [0.2, 0.25) is 5.78 Å².